The fraction of sp³-hybridized carbons (Fsp3) is 0.364. The molecule has 7 heteroatoms. The molecule has 1 N–H and O–H groups in total. The smallest absolute Gasteiger partial charge is 0.242 e. The Morgan fingerprint density at radius 2 is 1.79 bits per heavy atom. The van der Waals surface area contributed by atoms with E-state index in [4.69, 9.17) is 11.6 Å². The number of amides is 2. The van der Waals surface area contributed by atoms with E-state index in [2.05, 4.69) is 5.32 Å². The van der Waals surface area contributed by atoms with Crippen molar-refractivity contribution in [3.05, 3.63) is 70.5 Å². The molecule has 156 valence electrons. The maximum atomic E-state index is 13.0. The number of carbonyl (C=O) groups excluding carboxylic acids is 2. The summed E-state index contributed by atoms with van der Waals surface area (Å²) in [6.45, 7) is 5.78. The fourth-order valence-corrected chi connectivity index (χ4v) is 3.82. The Morgan fingerprint density at radius 1 is 1.10 bits per heavy atom. The zero-order valence-electron chi connectivity index (χ0n) is 16.8. The third-order valence-electron chi connectivity index (χ3n) is 4.25. The molecule has 0 saturated carbocycles. The minimum absolute atomic E-state index is 0.0130. The lowest BCUT2D eigenvalue weighted by Crippen LogP contribution is -2.49. The summed E-state index contributed by atoms with van der Waals surface area (Å²) < 4.78 is 13.0. The van der Waals surface area contributed by atoms with E-state index in [-0.39, 0.29) is 29.4 Å². The zero-order valence-corrected chi connectivity index (χ0v) is 18.4. The largest absolute Gasteiger partial charge is 0.352 e. The van der Waals surface area contributed by atoms with Crippen molar-refractivity contribution in [2.45, 2.75) is 45.2 Å². The van der Waals surface area contributed by atoms with E-state index in [1.165, 1.54) is 23.9 Å². The first-order valence-electron chi connectivity index (χ1n) is 9.42. The van der Waals surface area contributed by atoms with E-state index in [1.807, 2.05) is 26.0 Å². The third kappa shape index (κ3) is 7.71. The van der Waals surface area contributed by atoms with Gasteiger partial charge in [0.2, 0.25) is 11.8 Å². The molecule has 1 unspecified atom stereocenters. The average Bonchev–Trinajstić information content (AvgIpc) is 2.66. The Morgan fingerprint density at radius 3 is 2.41 bits per heavy atom. The van der Waals surface area contributed by atoms with Gasteiger partial charge in [0.25, 0.3) is 0 Å². The first-order chi connectivity index (χ1) is 13.8. The van der Waals surface area contributed by atoms with E-state index in [0.29, 0.717) is 17.3 Å². The van der Waals surface area contributed by atoms with Crippen molar-refractivity contribution in [2.24, 2.45) is 0 Å². The molecule has 0 spiro atoms. The van der Waals surface area contributed by atoms with Gasteiger partial charge in [-0.2, -0.15) is 0 Å². The first kappa shape index (κ1) is 23.2. The predicted molar refractivity (Wildman–Crippen MR) is 117 cm³/mol. The Kier molecular flexibility index (Phi) is 8.99. The van der Waals surface area contributed by atoms with Crippen molar-refractivity contribution in [3.8, 4) is 0 Å². The molecule has 0 heterocycles. The summed E-state index contributed by atoms with van der Waals surface area (Å²) in [5.41, 5.74) is 1.80. The Labute approximate surface area is 180 Å². The number of hydrogen-bond donors (Lipinski definition) is 1. The second-order valence-corrected chi connectivity index (χ2v) is 8.53. The average molecular weight is 437 g/mol. The van der Waals surface area contributed by atoms with Crippen LogP contribution in [-0.2, 0) is 21.9 Å². The van der Waals surface area contributed by atoms with E-state index < -0.39 is 6.04 Å². The molecule has 2 aromatic rings. The highest BCUT2D eigenvalue weighted by molar-refractivity contribution is 7.99. The van der Waals surface area contributed by atoms with Gasteiger partial charge in [-0.3, -0.25) is 9.59 Å². The minimum atomic E-state index is -0.615. The Balaban J connectivity index is 2.06. The van der Waals surface area contributed by atoms with Crippen LogP contribution in [-0.4, -0.2) is 34.6 Å². The van der Waals surface area contributed by atoms with Gasteiger partial charge in [0.05, 0.1) is 5.75 Å². The number of benzene rings is 2. The molecule has 0 radical (unpaired) electrons. The molecular formula is C22H26ClFN2O2S. The van der Waals surface area contributed by atoms with E-state index >= 15 is 0 Å². The Hall–Kier alpha value is -2.05. The molecule has 2 aromatic carbocycles. The summed E-state index contributed by atoms with van der Waals surface area (Å²) in [5.74, 6) is 0.191. The number of nitrogens with zero attached hydrogens (tertiary/aromatic N) is 1. The van der Waals surface area contributed by atoms with Crippen LogP contribution in [0.25, 0.3) is 0 Å². The van der Waals surface area contributed by atoms with Crippen molar-refractivity contribution in [1.82, 2.24) is 10.2 Å². The van der Waals surface area contributed by atoms with Crippen molar-refractivity contribution in [3.63, 3.8) is 0 Å². The predicted octanol–water partition coefficient (Wildman–Crippen LogP) is 4.65. The molecule has 4 nitrogen and oxygen atoms in total. The van der Waals surface area contributed by atoms with Gasteiger partial charge in [-0.25, -0.2) is 4.39 Å². The van der Waals surface area contributed by atoms with Gasteiger partial charge in [-0.1, -0.05) is 35.9 Å². The number of hydrogen-bond acceptors (Lipinski definition) is 3. The summed E-state index contributed by atoms with van der Waals surface area (Å²) in [7, 11) is 0. The topological polar surface area (TPSA) is 49.4 Å². The fourth-order valence-electron chi connectivity index (χ4n) is 2.74. The molecule has 0 saturated heterocycles. The monoisotopic (exact) mass is 436 g/mol. The van der Waals surface area contributed by atoms with Crippen LogP contribution in [0, 0.1) is 5.82 Å². The van der Waals surface area contributed by atoms with Crippen molar-refractivity contribution < 1.29 is 14.0 Å². The molecule has 1 atom stereocenters. The van der Waals surface area contributed by atoms with Crippen molar-refractivity contribution in [2.75, 3.05) is 5.75 Å². The lowest BCUT2D eigenvalue weighted by atomic mass is 10.1. The van der Waals surface area contributed by atoms with Gasteiger partial charge in [-0.05, 0) is 56.2 Å². The number of nitrogens with one attached hydrogen (secondary N) is 1. The molecule has 0 aliphatic heterocycles. The van der Waals surface area contributed by atoms with E-state index in [9.17, 15) is 14.0 Å². The Bertz CT molecular complexity index is 830. The van der Waals surface area contributed by atoms with Gasteiger partial charge in [-0.15, -0.1) is 11.8 Å². The lowest BCUT2D eigenvalue weighted by molar-refractivity contribution is -0.138. The molecule has 0 aromatic heterocycles. The maximum Gasteiger partial charge on any atom is 0.242 e. The SMILES string of the molecule is CC(C)NC(=O)C(C)N(Cc1cccc(Cl)c1)C(=O)CSCc1ccc(F)cc1. The van der Waals surface area contributed by atoms with Crippen LogP contribution in [0.3, 0.4) is 0 Å². The molecular weight excluding hydrogens is 411 g/mol. The maximum absolute atomic E-state index is 13.0. The van der Waals surface area contributed by atoms with Gasteiger partial charge in [0.1, 0.15) is 11.9 Å². The highest BCUT2D eigenvalue weighted by Crippen LogP contribution is 2.18. The second-order valence-electron chi connectivity index (χ2n) is 7.11. The van der Waals surface area contributed by atoms with Crippen LogP contribution >= 0.6 is 23.4 Å². The van der Waals surface area contributed by atoms with Crippen molar-refractivity contribution in [1.29, 1.82) is 0 Å². The highest BCUT2D eigenvalue weighted by atomic mass is 35.5. The van der Waals surface area contributed by atoms with Gasteiger partial charge in [0, 0.05) is 23.4 Å². The first-order valence-corrected chi connectivity index (χ1v) is 11.0. The number of carbonyl (C=O) groups is 2. The number of halogens is 2. The number of thioether (sulfide) groups is 1. The molecule has 0 fully saturated rings. The van der Waals surface area contributed by atoms with Crippen LogP contribution in [0.4, 0.5) is 4.39 Å². The summed E-state index contributed by atoms with van der Waals surface area (Å²) in [6, 6.07) is 12.8. The summed E-state index contributed by atoms with van der Waals surface area (Å²) in [6.07, 6.45) is 0. The number of rotatable bonds is 9. The van der Waals surface area contributed by atoms with Crippen LogP contribution in [0.1, 0.15) is 31.9 Å². The quantitative estimate of drug-likeness (QED) is 0.622. The molecule has 2 amide bonds. The summed E-state index contributed by atoms with van der Waals surface area (Å²) in [4.78, 5) is 27.0. The van der Waals surface area contributed by atoms with Crippen LogP contribution in [0.5, 0.6) is 0 Å². The molecule has 29 heavy (non-hydrogen) atoms. The van der Waals surface area contributed by atoms with Crippen molar-refractivity contribution >= 4 is 35.2 Å². The summed E-state index contributed by atoms with van der Waals surface area (Å²) in [5, 5.41) is 3.44. The van der Waals surface area contributed by atoms with Crippen LogP contribution in [0.15, 0.2) is 48.5 Å². The normalized spacial score (nSPS) is 11.9. The molecule has 2 rings (SSSR count). The second kappa shape index (κ2) is 11.2. The zero-order chi connectivity index (χ0) is 21.4. The van der Waals surface area contributed by atoms with E-state index in [1.54, 1.807) is 36.1 Å². The van der Waals surface area contributed by atoms with Gasteiger partial charge >= 0.3 is 0 Å². The lowest BCUT2D eigenvalue weighted by Gasteiger charge is -2.29. The molecule has 0 aliphatic carbocycles. The van der Waals surface area contributed by atoms with Gasteiger partial charge < -0.3 is 10.2 Å². The van der Waals surface area contributed by atoms with Gasteiger partial charge in [0.15, 0.2) is 0 Å². The molecule has 0 aliphatic rings. The van der Waals surface area contributed by atoms with Crippen LogP contribution in [0.2, 0.25) is 5.02 Å². The standard InChI is InChI=1S/C22H26ClFN2O2S/c1-15(2)25-22(28)16(3)26(12-18-5-4-6-19(23)11-18)21(27)14-29-13-17-7-9-20(24)10-8-17/h4-11,15-16H,12-14H2,1-3H3,(H,25,28). The highest BCUT2D eigenvalue weighted by Gasteiger charge is 2.26. The summed E-state index contributed by atoms with van der Waals surface area (Å²) >= 11 is 7.50. The third-order valence-corrected chi connectivity index (χ3v) is 5.47. The van der Waals surface area contributed by atoms with Crippen LogP contribution < -0.4 is 5.32 Å². The molecule has 0 bridgehead atoms. The van der Waals surface area contributed by atoms with E-state index in [0.717, 1.165) is 11.1 Å². The minimum Gasteiger partial charge on any atom is -0.352 e.